The highest BCUT2D eigenvalue weighted by atomic mass is 32.2. The van der Waals surface area contributed by atoms with E-state index in [1.807, 2.05) is 6.92 Å². The molecule has 2 aromatic carbocycles. The first-order valence-corrected chi connectivity index (χ1v) is 13.9. The van der Waals surface area contributed by atoms with E-state index in [1.54, 1.807) is 30.3 Å². The van der Waals surface area contributed by atoms with Crippen molar-refractivity contribution in [3.05, 3.63) is 66.1 Å². The molecule has 2 amide bonds. The van der Waals surface area contributed by atoms with Gasteiger partial charge in [0.05, 0.1) is 24.9 Å². The van der Waals surface area contributed by atoms with Crippen LogP contribution in [0.3, 0.4) is 0 Å². The summed E-state index contributed by atoms with van der Waals surface area (Å²) in [5.41, 5.74) is 2.20. The van der Waals surface area contributed by atoms with Crippen LogP contribution < -0.4 is 15.5 Å². The average Bonchev–Trinajstić information content (AvgIpc) is 3.69. The van der Waals surface area contributed by atoms with E-state index in [4.69, 9.17) is 14.7 Å². The summed E-state index contributed by atoms with van der Waals surface area (Å²) in [5.74, 6) is 0.707. The third-order valence-electron chi connectivity index (χ3n) is 6.76. The summed E-state index contributed by atoms with van der Waals surface area (Å²) >= 11 is 0. The largest absolute Gasteiger partial charge is 0.377 e. The van der Waals surface area contributed by atoms with Crippen LogP contribution in [0.4, 0.5) is 26.4 Å². The Bertz CT molecular complexity index is 1410. The standard InChI is InChI=1S/C26H28FN5O4S/c1-17-16-36-14-13-32(17)23-15-22(26(11-12-26)37(2,34)35)30-24(31-23)18-3-7-20(8-4-18)28-25(33)29-21-9-5-19(27)6-10-21/h3-10,15,17H,11-14,16H2,1-2H3,(H2,28,29,33)/t17-/m0/s1. The van der Waals surface area contributed by atoms with Crippen molar-refractivity contribution in [3.8, 4) is 11.4 Å². The minimum Gasteiger partial charge on any atom is -0.377 e. The van der Waals surface area contributed by atoms with E-state index >= 15 is 0 Å². The maximum absolute atomic E-state index is 13.1. The number of benzene rings is 2. The van der Waals surface area contributed by atoms with Crippen molar-refractivity contribution in [2.45, 2.75) is 30.6 Å². The van der Waals surface area contributed by atoms with E-state index in [0.717, 1.165) is 0 Å². The molecule has 0 unspecified atom stereocenters. The van der Waals surface area contributed by atoms with Crippen molar-refractivity contribution in [1.29, 1.82) is 0 Å². The van der Waals surface area contributed by atoms with Gasteiger partial charge in [-0.3, -0.25) is 0 Å². The lowest BCUT2D eigenvalue weighted by Gasteiger charge is -2.34. The number of aromatic nitrogens is 2. The molecule has 1 atom stereocenters. The van der Waals surface area contributed by atoms with Gasteiger partial charge >= 0.3 is 6.03 Å². The van der Waals surface area contributed by atoms with E-state index in [-0.39, 0.29) is 11.9 Å². The molecule has 0 radical (unpaired) electrons. The Kier molecular flexibility index (Phi) is 6.59. The third-order valence-corrected chi connectivity index (χ3v) is 8.80. The summed E-state index contributed by atoms with van der Waals surface area (Å²) in [6, 6.07) is 13.9. The minimum atomic E-state index is -3.36. The molecule has 2 heterocycles. The molecule has 194 valence electrons. The molecule has 1 aromatic heterocycles. The highest BCUT2D eigenvalue weighted by Crippen LogP contribution is 2.52. The quantitative estimate of drug-likeness (QED) is 0.496. The number of hydrogen-bond acceptors (Lipinski definition) is 7. The zero-order valence-corrected chi connectivity index (χ0v) is 21.4. The molecule has 37 heavy (non-hydrogen) atoms. The van der Waals surface area contributed by atoms with Crippen molar-refractivity contribution in [2.75, 3.05) is 41.5 Å². The fourth-order valence-electron chi connectivity index (χ4n) is 4.47. The topological polar surface area (TPSA) is 114 Å². The number of halogens is 1. The molecule has 3 aromatic rings. The Hall–Kier alpha value is -3.57. The molecular weight excluding hydrogens is 497 g/mol. The van der Waals surface area contributed by atoms with Gasteiger partial charge in [0, 0.05) is 35.8 Å². The second-order valence-corrected chi connectivity index (χ2v) is 11.8. The normalized spacial score (nSPS) is 18.8. The molecule has 0 spiro atoms. The lowest BCUT2D eigenvalue weighted by Crippen LogP contribution is -2.44. The molecule has 0 bridgehead atoms. The number of nitrogens with zero attached hydrogens (tertiary/aromatic N) is 3. The van der Waals surface area contributed by atoms with E-state index in [9.17, 15) is 17.6 Å². The second-order valence-electron chi connectivity index (χ2n) is 9.48. The van der Waals surface area contributed by atoms with E-state index < -0.39 is 20.6 Å². The maximum Gasteiger partial charge on any atom is 0.323 e. The van der Waals surface area contributed by atoms with E-state index in [0.29, 0.717) is 66.9 Å². The average molecular weight is 526 g/mol. The molecule has 1 saturated carbocycles. The molecule has 2 fully saturated rings. The van der Waals surface area contributed by atoms with Gasteiger partial charge in [0.15, 0.2) is 15.7 Å². The number of anilines is 3. The van der Waals surface area contributed by atoms with Gasteiger partial charge < -0.3 is 20.3 Å². The lowest BCUT2D eigenvalue weighted by molar-refractivity contribution is 0.0985. The van der Waals surface area contributed by atoms with Gasteiger partial charge in [0.2, 0.25) is 0 Å². The minimum absolute atomic E-state index is 0.0870. The van der Waals surface area contributed by atoms with E-state index in [1.165, 1.54) is 30.5 Å². The van der Waals surface area contributed by atoms with Crippen LogP contribution in [0.25, 0.3) is 11.4 Å². The number of carbonyl (C=O) groups is 1. The fraction of sp³-hybridized carbons (Fsp3) is 0.346. The predicted octanol–water partition coefficient (Wildman–Crippen LogP) is 4.19. The molecule has 2 N–H and O–H groups in total. The molecule has 5 rings (SSSR count). The Labute approximate surface area is 215 Å². The van der Waals surface area contributed by atoms with Gasteiger partial charge in [0.1, 0.15) is 16.4 Å². The molecule has 1 saturated heterocycles. The summed E-state index contributed by atoms with van der Waals surface area (Å²) in [6.45, 7) is 3.82. The van der Waals surface area contributed by atoms with Crippen LogP contribution in [0.15, 0.2) is 54.6 Å². The number of morpholine rings is 1. The van der Waals surface area contributed by atoms with Gasteiger partial charge in [0.25, 0.3) is 0 Å². The first kappa shape index (κ1) is 25.1. The number of sulfone groups is 1. The van der Waals surface area contributed by atoms with Gasteiger partial charge in [-0.15, -0.1) is 0 Å². The van der Waals surface area contributed by atoms with Crippen molar-refractivity contribution in [2.24, 2.45) is 0 Å². The molecule has 2 aliphatic rings. The second kappa shape index (κ2) is 9.71. The number of urea groups is 1. The van der Waals surface area contributed by atoms with Crippen LogP contribution in [0, 0.1) is 5.82 Å². The summed E-state index contributed by atoms with van der Waals surface area (Å²) in [7, 11) is -3.36. The molecule has 1 aliphatic carbocycles. The van der Waals surface area contributed by atoms with Crippen molar-refractivity contribution >= 4 is 33.1 Å². The number of ether oxygens (including phenoxy) is 1. The summed E-state index contributed by atoms with van der Waals surface area (Å²) in [5, 5.41) is 5.38. The van der Waals surface area contributed by atoms with Crippen LogP contribution in [0.2, 0.25) is 0 Å². The van der Waals surface area contributed by atoms with Gasteiger partial charge in [-0.05, 0) is 68.3 Å². The first-order chi connectivity index (χ1) is 17.6. The monoisotopic (exact) mass is 525 g/mol. The zero-order chi connectivity index (χ0) is 26.2. The van der Waals surface area contributed by atoms with Gasteiger partial charge in [-0.1, -0.05) is 0 Å². The Morgan fingerprint density at radius 2 is 1.68 bits per heavy atom. The molecular formula is C26H28FN5O4S. The molecule has 11 heteroatoms. The highest BCUT2D eigenvalue weighted by Gasteiger charge is 2.55. The van der Waals surface area contributed by atoms with Gasteiger partial charge in [-0.25, -0.2) is 27.6 Å². The van der Waals surface area contributed by atoms with Crippen LogP contribution in [-0.2, 0) is 19.3 Å². The Morgan fingerprint density at radius 3 is 2.24 bits per heavy atom. The van der Waals surface area contributed by atoms with Crippen molar-refractivity contribution in [1.82, 2.24) is 9.97 Å². The van der Waals surface area contributed by atoms with Crippen molar-refractivity contribution in [3.63, 3.8) is 0 Å². The Balaban J connectivity index is 1.41. The number of rotatable bonds is 6. The summed E-state index contributed by atoms with van der Waals surface area (Å²) in [4.78, 5) is 23.9. The number of amides is 2. The highest BCUT2D eigenvalue weighted by molar-refractivity contribution is 7.91. The number of hydrogen-bond donors (Lipinski definition) is 2. The van der Waals surface area contributed by atoms with Crippen LogP contribution in [0.1, 0.15) is 25.5 Å². The smallest absolute Gasteiger partial charge is 0.323 e. The third kappa shape index (κ3) is 5.28. The van der Waals surface area contributed by atoms with Crippen molar-refractivity contribution < 1.29 is 22.3 Å². The lowest BCUT2D eigenvalue weighted by atomic mass is 10.1. The molecule has 1 aliphatic heterocycles. The van der Waals surface area contributed by atoms with Gasteiger partial charge in [-0.2, -0.15) is 0 Å². The van der Waals surface area contributed by atoms with Crippen LogP contribution in [-0.4, -0.2) is 56.5 Å². The predicted molar refractivity (Wildman–Crippen MR) is 140 cm³/mol. The zero-order valence-electron chi connectivity index (χ0n) is 20.6. The number of carbonyl (C=O) groups excluding carboxylic acids is 1. The maximum atomic E-state index is 13.1. The summed E-state index contributed by atoms with van der Waals surface area (Å²) < 4.78 is 43.0. The van der Waals surface area contributed by atoms with Crippen LogP contribution in [0.5, 0.6) is 0 Å². The number of nitrogens with one attached hydrogen (secondary N) is 2. The van der Waals surface area contributed by atoms with E-state index in [2.05, 4.69) is 15.5 Å². The summed E-state index contributed by atoms with van der Waals surface area (Å²) in [6.07, 6.45) is 2.33. The Morgan fingerprint density at radius 1 is 1.05 bits per heavy atom. The first-order valence-electron chi connectivity index (χ1n) is 12.0. The SMILES string of the molecule is C[C@H]1COCCN1c1cc(C2(S(C)(=O)=O)CC2)nc(-c2ccc(NC(=O)Nc3ccc(F)cc3)cc2)n1. The molecule has 9 nitrogen and oxygen atoms in total. The fourth-order valence-corrected chi connectivity index (χ4v) is 5.80. The van der Waals surface area contributed by atoms with Crippen LogP contribution >= 0.6 is 0 Å².